The Hall–Kier alpha value is -2.61. The lowest BCUT2D eigenvalue weighted by atomic mass is 10.1. The predicted molar refractivity (Wildman–Crippen MR) is 110 cm³/mol. The molecule has 1 saturated carbocycles. The maximum atomic E-state index is 12.7. The molecule has 1 heterocycles. The predicted octanol–water partition coefficient (Wildman–Crippen LogP) is 3.78. The van der Waals surface area contributed by atoms with Gasteiger partial charge in [-0.2, -0.15) is 0 Å². The number of ether oxygens (including phenoxy) is 1. The lowest BCUT2D eigenvalue weighted by Crippen LogP contribution is -2.18. The van der Waals surface area contributed by atoms with Crippen molar-refractivity contribution in [1.29, 1.82) is 0 Å². The van der Waals surface area contributed by atoms with E-state index in [0.29, 0.717) is 35.3 Å². The zero-order valence-corrected chi connectivity index (χ0v) is 17.7. The summed E-state index contributed by atoms with van der Waals surface area (Å²) in [6.07, 6.45) is 3.30. The lowest BCUT2D eigenvalue weighted by Gasteiger charge is -2.12. The molecule has 156 valence electrons. The maximum Gasteiger partial charge on any atom is 0.340 e. The Morgan fingerprint density at radius 3 is 2.34 bits per heavy atom. The molecule has 0 radical (unpaired) electrons. The van der Waals surface area contributed by atoms with Gasteiger partial charge in [-0.3, -0.25) is 4.79 Å². The number of hydrogen-bond donors (Lipinski definition) is 2. The average molecular weight is 419 g/mol. The van der Waals surface area contributed by atoms with Crippen LogP contribution in [0.15, 0.2) is 29.2 Å². The number of sulfone groups is 1. The summed E-state index contributed by atoms with van der Waals surface area (Å²) in [6.45, 7) is 5.36. The van der Waals surface area contributed by atoms with Crippen LogP contribution in [0.1, 0.15) is 64.7 Å². The molecule has 2 aromatic rings. The van der Waals surface area contributed by atoms with Crippen LogP contribution < -0.4 is 5.32 Å². The summed E-state index contributed by atoms with van der Waals surface area (Å²) in [5.74, 6) is -0.883. The van der Waals surface area contributed by atoms with Gasteiger partial charge in [-0.1, -0.05) is 12.8 Å². The van der Waals surface area contributed by atoms with E-state index in [1.807, 2.05) is 0 Å². The number of amides is 1. The molecule has 1 fully saturated rings. The van der Waals surface area contributed by atoms with Crippen molar-refractivity contribution in [1.82, 2.24) is 4.98 Å². The molecule has 1 aromatic heterocycles. The van der Waals surface area contributed by atoms with Gasteiger partial charge in [0.15, 0.2) is 9.84 Å². The maximum absolute atomic E-state index is 12.7. The fourth-order valence-electron chi connectivity index (χ4n) is 3.80. The third-order valence-electron chi connectivity index (χ3n) is 5.33. The van der Waals surface area contributed by atoms with E-state index >= 15 is 0 Å². The fourth-order valence-corrected chi connectivity index (χ4v) is 5.65. The quantitative estimate of drug-likeness (QED) is 0.695. The van der Waals surface area contributed by atoms with Crippen molar-refractivity contribution in [3.05, 3.63) is 46.8 Å². The minimum absolute atomic E-state index is 0.251. The molecule has 29 heavy (non-hydrogen) atoms. The first-order chi connectivity index (χ1) is 13.8. The van der Waals surface area contributed by atoms with Crippen LogP contribution >= 0.6 is 0 Å². The second kappa shape index (κ2) is 8.41. The molecular formula is C21H26N2O5S. The number of rotatable bonds is 6. The summed E-state index contributed by atoms with van der Waals surface area (Å²) in [6, 6.07) is 6.22. The van der Waals surface area contributed by atoms with Gasteiger partial charge in [-0.05, 0) is 63.4 Å². The normalized spacial score (nSPS) is 14.7. The van der Waals surface area contributed by atoms with E-state index in [4.69, 9.17) is 4.74 Å². The summed E-state index contributed by atoms with van der Waals surface area (Å²) < 4.78 is 30.4. The highest BCUT2D eigenvalue weighted by atomic mass is 32.2. The van der Waals surface area contributed by atoms with Gasteiger partial charge in [0.05, 0.1) is 22.3 Å². The molecule has 1 aliphatic rings. The van der Waals surface area contributed by atoms with Crippen molar-refractivity contribution in [3.8, 4) is 0 Å². The second-order valence-corrected chi connectivity index (χ2v) is 9.50. The second-order valence-electron chi connectivity index (χ2n) is 7.28. The third kappa shape index (κ3) is 4.22. The first-order valence-electron chi connectivity index (χ1n) is 9.77. The van der Waals surface area contributed by atoms with E-state index in [2.05, 4.69) is 10.3 Å². The van der Waals surface area contributed by atoms with E-state index in [1.165, 1.54) is 12.1 Å². The number of carbonyl (C=O) groups is 2. The van der Waals surface area contributed by atoms with Crippen LogP contribution in [0.25, 0.3) is 0 Å². The number of nitrogens with one attached hydrogen (secondary N) is 2. The van der Waals surface area contributed by atoms with Gasteiger partial charge < -0.3 is 15.0 Å². The minimum atomic E-state index is -3.33. The smallest absolute Gasteiger partial charge is 0.340 e. The van der Waals surface area contributed by atoms with Crippen molar-refractivity contribution >= 4 is 27.4 Å². The van der Waals surface area contributed by atoms with E-state index in [9.17, 15) is 18.0 Å². The van der Waals surface area contributed by atoms with Gasteiger partial charge in [0.1, 0.15) is 5.69 Å². The molecule has 8 heteroatoms. The first-order valence-corrected chi connectivity index (χ1v) is 11.3. The van der Waals surface area contributed by atoms with Crippen LogP contribution in [0.5, 0.6) is 0 Å². The molecule has 0 bridgehead atoms. The Balaban J connectivity index is 1.76. The Labute approximate surface area is 170 Å². The highest BCUT2D eigenvalue weighted by Gasteiger charge is 2.30. The molecule has 0 saturated heterocycles. The van der Waals surface area contributed by atoms with Crippen molar-refractivity contribution in [2.75, 3.05) is 11.9 Å². The molecule has 3 rings (SSSR count). The zero-order chi connectivity index (χ0) is 21.2. The van der Waals surface area contributed by atoms with Crippen molar-refractivity contribution < 1.29 is 22.7 Å². The molecular weight excluding hydrogens is 392 g/mol. The number of anilines is 1. The number of aromatic nitrogens is 1. The molecule has 2 N–H and O–H groups in total. The summed E-state index contributed by atoms with van der Waals surface area (Å²) in [5.41, 5.74) is 2.18. The first kappa shape index (κ1) is 21.1. The molecule has 0 atom stereocenters. The minimum Gasteiger partial charge on any atom is -0.462 e. The zero-order valence-electron chi connectivity index (χ0n) is 16.9. The molecule has 1 amide bonds. The number of H-pyrrole nitrogens is 1. The van der Waals surface area contributed by atoms with Crippen LogP contribution in [0.3, 0.4) is 0 Å². The van der Waals surface area contributed by atoms with E-state index in [1.54, 1.807) is 32.9 Å². The van der Waals surface area contributed by atoms with Crippen molar-refractivity contribution in [2.24, 2.45) is 0 Å². The highest BCUT2D eigenvalue weighted by Crippen LogP contribution is 2.30. The molecule has 1 aliphatic carbocycles. The topological polar surface area (TPSA) is 105 Å². The largest absolute Gasteiger partial charge is 0.462 e. The summed E-state index contributed by atoms with van der Waals surface area (Å²) in [5, 5.41) is 2.43. The number of hydrogen-bond acceptors (Lipinski definition) is 5. The Bertz CT molecular complexity index is 1020. The van der Waals surface area contributed by atoms with E-state index < -0.39 is 21.7 Å². The summed E-state index contributed by atoms with van der Waals surface area (Å²) in [7, 11) is -3.33. The fraction of sp³-hybridized carbons (Fsp3) is 0.429. The van der Waals surface area contributed by atoms with Gasteiger partial charge in [0, 0.05) is 11.4 Å². The highest BCUT2D eigenvalue weighted by molar-refractivity contribution is 7.92. The van der Waals surface area contributed by atoms with Gasteiger partial charge >= 0.3 is 5.97 Å². The monoisotopic (exact) mass is 418 g/mol. The SMILES string of the molecule is CCOC(=O)c1c(C)[nH]c(C(=O)Nc2ccc(S(=O)(=O)C3CCCC3)cc2)c1C. The van der Waals surface area contributed by atoms with Crippen LogP contribution in [0, 0.1) is 13.8 Å². The number of aromatic amines is 1. The third-order valence-corrected chi connectivity index (χ3v) is 7.60. The average Bonchev–Trinajstić information content (AvgIpc) is 3.31. The molecule has 0 aliphatic heterocycles. The van der Waals surface area contributed by atoms with E-state index in [0.717, 1.165) is 12.8 Å². The Kier molecular flexibility index (Phi) is 6.12. The van der Waals surface area contributed by atoms with Gasteiger partial charge in [0.2, 0.25) is 0 Å². The molecule has 7 nitrogen and oxygen atoms in total. The van der Waals surface area contributed by atoms with Crippen LogP contribution in [-0.4, -0.2) is 37.1 Å². The standard InChI is InChI=1S/C21H26N2O5S/c1-4-28-21(25)18-13(2)19(22-14(18)3)20(24)23-15-9-11-17(12-10-15)29(26,27)16-7-5-6-8-16/h9-12,16,22H,4-8H2,1-3H3,(H,23,24). The van der Waals surface area contributed by atoms with Crippen molar-refractivity contribution in [2.45, 2.75) is 56.6 Å². The van der Waals surface area contributed by atoms with Gasteiger partial charge in [-0.25, -0.2) is 13.2 Å². The Morgan fingerprint density at radius 2 is 1.76 bits per heavy atom. The molecule has 1 aromatic carbocycles. The molecule has 0 spiro atoms. The van der Waals surface area contributed by atoms with Crippen LogP contribution in [0.2, 0.25) is 0 Å². The van der Waals surface area contributed by atoms with Crippen molar-refractivity contribution in [3.63, 3.8) is 0 Å². The summed E-state index contributed by atoms with van der Waals surface area (Å²) >= 11 is 0. The lowest BCUT2D eigenvalue weighted by molar-refractivity contribution is 0.0525. The van der Waals surface area contributed by atoms with Crippen LogP contribution in [-0.2, 0) is 14.6 Å². The van der Waals surface area contributed by atoms with E-state index in [-0.39, 0.29) is 22.4 Å². The number of esters is 1. The number of carbonyl (C=O) groups excluding carboxylic acids is 2. The number of benzene rings is 1. The van der Waals surface area contributed by atoms with Gasteiger partial charge in [-0.15, -0.1) is 0 Å². The van der Waals surface area contributed by atoms with Gasteiger partial charge in [0.25, 0.3) is 5.91 Å². The van der Waals surface area contributed by atoms with Crippen LogP contribution in [0.4, 0.5) is 5.69 Å². The number of aryl methyl sites for hydroxylation is 1. The Morgan fingerprint density at radius 1 is 1.14 bits per heavy atom. The molecule has 0 unspecified atom stereocenters. The summed E-state index contributed by atoms with van der Waals surface area (Å²) in [4.78, 5) is 28.0.